The summed E-state index contributed by atoms with van der Waals surface area (Å²) in [5, 5.41) is 0. The first-order chi connectivity index (χ1) is 6.24. The van der Waals surface area contributed by atoms with E-state index in [1.165, 1.54) is 6.07 Å². The predicted molar refractivity (Wildman–Crippen MR) is 53.3 cm³/mol. The van der Waals surface area contributed by atoms with Crippen LogP contribution in [-0.4, -0.2) is 9.96 Å². The number of hydrogen-bond acceptors (Lipinski definition) is 1. The van der Waals surface area contributed by atoms with Gasteiger partial charge in [0.05, 0.1) is 5.69 Å². The van der Waals surface area contributed by atoms with Crippen molar-refractivity contribution in [1.82, 2.24) is 0 Å². The molecular weight excluding hydrogens is 189 g/mol. The minimum Gasteiger partial charge on any atom is -0.302 e. The van der Waals surface area contributed by atoms with Gasteiger partial charge in [0.2, 0.25) is 0 Å². The van der Waals surface area contributed by atoms with Crippen molar-refractivity contribution in [2.45, 2.75) is 13.3 Å². The molecule has 13 heavy (non-hydrogen) atoms. The van der Waals surface area contributed by atoms with Crippen LogP contribution in [0.3, 0.4) is 0 Å². The number of hydrogen-bond donors (Lipinski definition) is 1. The number of para-hydroxylation sites is 1. The molecule has 1 aromatic carbocycles. The first kappa shape index (κ1) is 10.2. The van der Waals surface area contributed by atoms with E-state index in [1.54, 1.807) is 18.2 Å². The smallest absolute Gasteiger partial charge is 0.147 e. The standard InChI is InChI=1S/C9H12FNOS/c1-2-7-13(12)11-9-6-4-3-5-8(9)10/h3-6,11H,2,7H2,1H3. The minimum absolute atomic E-state index is 0.300. The molecular formula is C9H12FNOS. The summed E-state index contributed by atoms with van der Waals surface area (Å²) in [6, 6.07) is 6.21. The van der Waals surface area contributed by atoms with Crippen LogP contribution < -0.4 is 4.72 Å². The zero-order valence-electron chi connectivity index (χ0n) is 7.42. The van der Waals surface area contributed by atoms with Crippen molar-refractivity contribution in [3.63, 3.8) is 0 Å². The molecule has 1 N–H and O–H groups in total. The van der Waals surface area contributed by atoms with Gasteiger partial charge in [-0.05, 0) is 18.6 Å². The average molecular weight is 201 g/mol. The Kier molecular flexibility index (Phi) is 3.89. The predicted octanol–water partition coefficient (Wildman–Crippen LogP) is 2.31. The summed E-state index contributed by atoms with van der Waals surface area (Å²) in [7, 11) is -1.17. The summed E-state index contributed by atoms with van der Waals surface area (Å²) in [6.45, 7) is 1.93. The SMILES string of the molecule is CCCS(=O)Nc1ccccc1F. The van der Waals surface area contributed by atoms with Crippen LogP contribution in [0.2, 0.25) is 0 Å². The van der Waals surface area contributed by atoms with E-state index in [4.69, 9.17) is 0 Å². The molecule has 72 valence electrons. The maximum atomic E-state index is 13.0. The van der Waals surface area contributed by atoms with Gasteiger partial charge in [-0.2, -0.15) is 0 Å². The van der Waals surface area contributed by atoms with E-state index in [1.807, 2.05) is 6.92 Å². The second kappa shape index (κ2) is 4.97. The lowest BCUT2D eigenvalue weighted by molar-refractivity contribution is 0.631. The summed E-state index contributed by atoms with van der Waals surface area (Å²) < 4.78 is 26.8. The Hall–Kier alpha value is -0.900. The van der Waals surface area contributed by atoms with Gasteiger partial charge in [-0.1, -0.05) is 19.1 Å². The van der Waals surface area contributed by atoms with Crippen molar-refractivity contribution in [2.24, 2.45) is 0 Å². The summed E-state index contributed by atoms with van der Waals surface area (Å²) in [4.78, 5) is 0. The Morgan fingerprint density at radius 2 is 2.15 bits per heavy atom. The fourth-order valence-corrected chi connectivity index (χ4v) is 1.79. The van der Waals surface area contributed by atoms with Gasteiger partial charge in [-0.25, -0.2) is 8.60 Å². The minimum atomic E-state index is -1.17. The Balaban J connectivity index is 2.63. The zero-order valence-corrected chi connectivity index (χ0v) is 8.23. The Morgan fingerprint density at radius 1 is 1.46 bits per heavy atom. The Bertz CT molecular complexity index is 303. The van der Waals surface area contributed by atoms with Gasteiger partial charge in [0.25, 0.3) is 0 Å². The van der Waals surface area contributed by atoms with Crippen LogP contribution in [0, 0.1) is 5.82 Å². The molecule has 0 radical (unpaired) electrons. The van der Waals surface area contributed by atoms with Crippen molar-refractivity contribution < 1.29 is 8.60 Å². The van der Waals surface area contributed by atoms with E-state index < -0.39 is 11.0 Å². The average Bonchev–Trinajstić information content (AvgIpc) is 2.09. The molecule has 0 amide bonds. The third-order valence-electron chi connectivity index (χ3n) is 1.49. The summed E-state index contributed by atoms with van der Waals surface area (Å²) >= 11 is 0. The molecule has 1 atom stereocenters. The second-order valence-electron chi connectivity index (χ2n) is 2.63. The molecule has 0 aliphatic carbocycles. The topological polar surface area (TPSA) is 29.1 Å². The lowest BCUT2D eigenvalue weighted by atomic mass is 10.3. The molecule has 0 aromatic heterocycles. The molecule has 0 saturated carbocycles. The molecule has 2 nitrogen and oxygen atoms in total. The molecule has 0 saturated heterocycles. The van der Waals surface area contributed by atoms with Gasteiger partial charge in [0.1, 0.15) is 16.8 Å². The highest BCUT2D eigenvalue weighted by Crippen LogP contribution is 2.12. The molecule has 1 aromatic rings. The van der Waals surface area contributed by atoms with E-state index in [-0.39, 0.29) is 5.82 Å². The number of anilines is 1. The van der Waals surface area contributed by atoms with E-state index in [2.05, 4.69) is 4.72 Å². The quantitative estimate of drug-likeness (QED) is 0.795. The van der Waals surface area contributed by atoms with Gasteiger partial charge >= 0.3 is 0 Å². The molecule has 4 heteroatoms. The monoisotopic (exact) mass is 201 g/mol. The van der Waals surface area contributed by atoms with Crippen LogP contribution in [0.1, 0.15) is 13.3 Å². The maximum absolute atomic E-state index is 13.0. The first-order valence-corrected chi connectivity index (χ1v) is 5.45. The second-order valence-corrected chi connectivity index (χ2v) is 3.93. The fourth-order valence-electron chi connectivity index (χ4n) is 0.903. The number of rotatable bonds is 4. The first-order valence-electron chi connectivity index (χ1n) is 4.13. The normalized spacial score (nSPS) is 12.5. The molecule has 0 bridgehead atoms. The molecule has 0 fully saturated rings. The van der Waals surface area contributed by atoms with Crippen LogP contribution in [0.5, 0.6) is 0 Å². The lowest BCUT2D eigenvalue weighted by Crippen LogP contribution is -2.08. The van der Waals surface area contributed by atoms with Crippen molar-refractivity contribution in [3.8, 4) is 0 Å². The van der Waals surface area contributed by atoms with Gasteiger partial charge in [-0.15, -0.1) is 0 Å². The van der Waals surface area contributed by atoms with E-state index in [0.29, 0.717) is 11.4 Å². The highest BCUT2D eigenvalue weighted by Gasteiger charge is 2.02. The highest BCUT2D eigenvalue weighted by molar-refractivity contribution is 7.86. The Labute approximate surface area is 79.8 Å². The van der Waals surface area contributed by atoms with Crippen LogP contribution in [0.15, 0.2) is 24.3 Å². The Morgan fingerprint density at radius 3 is 2.77 bits per heavy atom. The summed E-state index contributed by atoms with van der Waals surface area (Å²) in [5.74, 6) is 0.167. The molecule has 0 heterocycles. The zero-order chi connectivity index (χ0) is 9.68. The number of benzene rings is 1. The summed E-state index contributed by atoms with van der Waals surface area (Å²) in [5.41, 5.74) is 0.300. The number of nitrogens with one attached hydrogen (secondary N) is 1. The molecule has 0 aliphatic rings. The third-order valence-corrected chi connectivity index (χ3v) is 2.71. The lowest BCUT2D eigenvalue weighted by Gasteiger charge is -2.05. The third kappa shape index (κ3) is 3.14. The van der Waals surface area contributed by atoms with Gasteiger partial charge in [-0.3, -0.25) is 0 Å². The van der Waals surface area contributed by atoms with Gasteiger partial charge in [0.15, 0.2) is 0 Å². The van der Waals surface area contributed by atoms with Crippen LogP contribution >= 0.6 is 0 Å². The van der Waals surface area contributed by atoms with E-state index in [0.717, 1.165) is 6.42 Å². The van der Waals surface area contributed by atoms with Crippen LogP contribution in [0.25, 0.3) is 0 Å². The van der Waals surface area contributed by atoms with Crippen molar-refractivity contribution in [2.75, 3.05) is 10.5 Å². The highest BCUT2D eigenvalue weighted by atomic mass is 32.2. The molecule has 1 rings (SSSR count). The fraction of sp³-hybridized carbons (Fsp3) is 0.333. The van der Waals surface area contributed by atoms with Crippen molar-refractivity contribution in [1.29, 1.82) is 0 Å². The largest absolute Gasteiger partial charge is 0.302 e. The van der Waals surface area contributed by atoms with Crippen molar-refractivity contribution >= 4 is 16.7 Å². The summed E-state index contributed by atoms with van der Waals surface area (Å²) in [6.07, 6.45) is 0.814. The van der Waals surface area contributed by atoms with E-state index >= 15 is 0 Å². The van der Waals surface area contributed by atoms with E-state index in [9.17, 15) is 8.60 Å². The van der Waals surface area contributed by atoms with Crippen LogP contribution in [0.4, 0.5) is 10.1 Å². The van der Waals surface area contributed by atoms with Crippen molar-refractivity contribution in [3.05, 3.63) is 30.1 Å². The molecule has 0 aliphatic heterocycles. The maximum Gasteiger partial charge on any atom is 0.147 e. The van der Waals surface area contributed by atoms with Gasteiger partial charge < -0.3 is 4.72 Å². The van der Waals surface area contributed by atoms with Gasteiger partial charge in [0, 0.05) is 5.75 Å². The molecule has 0 spiro atoms. The van der Waals surface area contributed by atoms with Crippen LogP contribution in [-0.2, 0) is 11.0 Å². The molecule has 1 unspecified atom stereocenters. The number of halogens is 1.